The highest BCUT2D eigenvalue weighted by Gasteiger charge is 2.27. The van der Waals surface area contributed by atoms with Crippen LogP contribution in [0.4, 0.5) is 0 Å². The molecule has 1 heterocycles. The number of carbonyl (C=O) groups excluding carboxylic acids is 1. The quantitative estimate of drug-likeness (QED) is 0.831. The number of nitrogens with zero attached hydrogens (tertiary/aromatic N) is 1. The summed E-state index contributed by atoms with van der Waals surface area (Å²) in [4.78, 5) is 13.5. The summed E-state index contributed by atoms with van der Waals surface area (Å²) >= 11 is 3.30. The van der Waals surface area contributed by atoms with Gasteiger partial charge in [-0.1, -0.05) is 28.1 Å². The highest BCUT2D eigenvalue weighted by Crippen LogP contribution is 2.15. The summed E-state index contributed by atoms with van der Waals surface area (Å²) in [5.41, 5.74) is 6.39. The molecule has 0 unspecified atom stereocenters. The molecular formula is C13H18BrClN2O3S. The van der Waals surface area contributed by atoms with Crippen molar-refractivity contribution in [2.75, 3.05) is 18.8 Å². The van der Waals surface area contributed by atoms with Gasteiger partial charge in [-0.25, -0.2) is 8.42 Å². The van der Waals surface area contributed by atoms with Gasteiger partial charge in [0.05, 0.1) is 5.75 Å². The molecule has 1 aliphatic heterocycles. The predicted molar refractivity (Wildman–Crippen MR) is 88.1 cm³/mol. The Balaban J connectivity index is 0.00000220. The maximum atomic E-state index is 12.1. The third kappa shape index (κ3) is 5.58. The van der Waals surface area contributed by atoms with Gasteiger partial charge in [0.25, 0.3) is 0 Å². The number of benzene rings is 1. The van der Waals surface area contributed by atoms with Crippen molar-refractivity contribution in [2.24, 2.45) is 5.73 Å². The smallest absolute Gasteiger partial charge is 0.237 e. The fraction of sp³-hybridized carbons (Fsp3) is 0.462. The van der Waals surface area contributed by atoms with Gasteiger partial charge in [0, 0.05) is 23.6 Å². The largest absolute Gasteiger partial charge is 0.340 e. The molecule has 5 nitrogen and oxygen atoms in total. The summed E-state index contributed by atoms with van der Waals surface area (Å²) in [6, 6.07) is 7.04. The van der Waals surface area contributed by atoms with E-state index in [0.29, 0.717) is 18.7 Å². The molecule has 2 N–H and O–H groups in total. The van der Waals surface area contributed by atoms with E-state index in [9.17, 15) is 13.2 Å². The van der Waals surface area contributed by atoms with Gasteiger partial charge in [0.2, 0.25) is 5.91 Å². The van der Waals surface area contributed by atoms with Crippen LogP contribution in [0.5, 0.6) is 0 Å². The average Bonchev–Trinajstić information content (AvgIpc) is 2.74. The standard InChI is InChI=1S/C13H17BrN2O3S.ClH/c14-11-3-1-2-10(6-11)8-20(18,19)9-13(17)16-5-4-12(15)7-16;/h1-3,6,12H,4-5,7-9,15H2;1H/t12-;/m1./s1. The van der Waals surface area contributed by atoms with Crippen LogP contribution in [0.3, 0.4) is 0 Å². The van der Waals surface area contributed by atoms with Gasteiger partial charge >= 0.3 is 0 Å². The van der Waals surface area contributed by atoms with E-state index in [1.807, 2.05) is 6.07 Å². The van der Waals surface area contributed by atoms with E-state index in [4.69, 9.17) is 5.73 Å². The van der Waals surface area contributed by atoms with Crippen LogP contribution in [-0.4, -0.2) is 44.1 Å². The fourth-order valence-corrected chi connectivity index (χ4v) is 4.02. The molecule has 0 aliphatic carbocycles. The molecule has 8 heteroatoms. The van der Waals surface area contributed by atoms with Crippen molar-refractivity contribution in [1.82, 2.24) is 4.90 Å². The lowest BCUT2D eigenvalue weighted by atomic mass is 10.2. The molecular weight excluding hydrogens is 380 g/mol. The second-order valence-corrected chi connectivity index (χ2v) is 8.03. The lowest BCUT2D eigenvalue weighted by molar-refractivity contribution is -0.127. The minimum atomic E-state index is -3.46. The zero-order valence-corrected chi connectivity index (χ0v) is 14.6. The highest BCUT2D eigenvalue weighted by molar-refractivity contribution is 9.10. The molecule has 1 fully saturated rings. The van der Waals surface area contributed by atoms with Gasteiger partial charge in [-0.2, -0.15) is 0 Å². The van der Waals surface area contributed by atoms with Gasteiger partial charge in [-0.15, -0.1) is 12.4 Å². The van der Waals surface area contributed by atoms with E-state index in [2.05, 4.69) is 15.9 Å². The molecule has 0 bridgehead atoms. The molecule has 2 rings (SSSR count). The summed E-state index contributed by atoms with van der Waals surface area (Å²) in [6.45, 7) is 0.998. The van der Waals surface area contributed by atoms with Crippen LogP contribution in [-0.2, 0) is 20.4 Å². The third-order valence-corrected chi connectivity index (χ3v) is 5.15. The van der Waals surface area contributed by atoms with Crippen molar-refractivity contribution in [3.05, 3.63) is 34.3 Å². The van der Waals surface area contributed by atoms with Gasteiger partial charge in [0.15, 0.2) is 9.84 Å². The summed E-state index contributed by atoms with van der Waals surface area (Å²) in [6.07, 6.45) is 0.734. The molecule has 0 aromatic heterocycles. The number of rotatable bonds is 4. The second-order valence-electron chi connectivity index (χ2n) is 5.05. The average molecular weight is 398 g/mol. The Labute approximate surface area is 139 Å². The monoisotopic (exact) mass is 396 g/mol. The van der Waals surface area contributed by atoms with E-state index >= 15 is 0 Å². The van der Waals surface area contributed by atoms with Crippen LogP contribution in [0.25, 0.3) is 0 Å². The Hall–Kier alpha value is -0.630. The number of likely N-dealkylation sites (tertiary alicyclic amines) is 1. The minimum absolute atomic E-state index is 0. The molecule has 1 aromatic rings. The lowest BCUT2D eigenvalue weighted by Crippen LogP contribution is -2.36. The van der Waals surface area contributed by atoms with Crippen LogP contribution in [0.1, 0.15) is 12.0 Å². The molecule has 118 valence electrons. The van der Waals surface area contributed by atoms with E-state index in [-0.39, 0.29) is 30.1 Å². The maximum Gasteiger partial charge on any atom is 0.237 e. The number of carbonyl (C=O) groups is 1. The molecule has 0 radical (unpaired) electrons. The van der Waals surface area contributed by atoms with Crippen molar-refractivity contribution >= 4 is 44.1 Å². The van der Waals surface area contributed by atoms with E-state index in [0.717, 1.165) is 10.9 Å². The Bertz CT molecular complexity index is 609. The molecule has 0 saturated carbocycles. The van der Waals surface area contributed by atoms with Crippen molar-refractivity contribution in [2.45, 2.75) is 18.2 Å². The van der Waals surface area contributed by atoms with E-state index in [1.54, 1.807) is 18.2 Å². The zero-order valence-electron chi connectivity index (χ0n) is 11.4. The number of nitrogens with two attached hydrogens (primary N) is 1. The van der Waals surface area contributed by atoms with Crippen LogP contribution in [0.2, 0.25) is 0 Å². The Morgan fingerprint density at radius 1 is 1.43 bits per heavy atom. The van der Waals surface area contributed by atoms with Gasteiger partial charge < -0.3 is 10.6 Å². The van der Waals surface area contributed by atoms with Crippen LogP contribution >= 0.6 is 28.3 Å². The van der Waals surface area contributed by atoms with Crippen molar-refractivity contribution in [3.8, 4) is 0 Å². The lowest BCUT2D eigenvalue weighted by Gasteiger charge is -2.15. The molecule has 1 atom stereocenters. The Morgan fingerprint density at radius 2 is 2.14 bits per heavy atom. The second kappa shape index (κ2) is 7.58. The van der Waals surface area contributed by atoms with E-state index in [1.165, 1.54) is 4.90 Å². The van der Waals surface area contributed by atoms with Crippen molar-refractivity contribution in [3.63, 3.8) is 0 Å². The minimum Gasteiger partial charge on any atom is -0.340 e. The van der Waals surface area contributed by atoms with Crippen molar-refractivity contribution < 1.29 is 13.2 Å². The van der Waals surface area contributed by atoms with Crippen LogP contribution in [0, 0.1) is 0 Å². The number of hydrogen-bond acceptors (Lipinski definition) is 4. The van der Waals surface area contributed by atoms with Gasteiger partial charge in [-0.3, -0.25) is 4.79 Å². The number of amides is 1. The molecule has 1 aliphatic rings. The number of sulfone groups is 1. The topological polar surface area (TPSA) is 80.5 Å². The highest BCUT2D eigenvalue weighted by atomic mass is 79.9. The SMILES string of the molecule is Cl.N[C@@H]1CCN(C(=O)CS(=O)(=O)Cc2cccc(Br)c2)C1. The fourth-order valence-electron chi connectivity index (χ4n) is 2.22. The first-order valence-corrected chi connectivity index (χ1v) is 8.95. The molecule has 1 aromatic carbocycles. The number of hydrogen-bond donors (Lipinski definition) is 1. The number of halogens is 2. The maximum absolute atomic E-state index is 12.1. The van der Waals surface area contributed by atoms with Crippen LogP contribution in [0.15, 0.2) is 28.7 Å². The van der Waals surface area contributed by atoms with Gasteiger partial charge in [0.1, 0.15) is 5.75 Å². The zero-order chi connectivity index (χ0) is 14.8. The first kappa shape index (κ1) is 18.4. The molecule has 0 spiro atoms. The third-order valence-electron chi connectivity index (χ3n) is 3.20. The first-order chi connectivity index (χ1) is 9.35. The molecule has 1 amide bonds. The normalized spacial score (nSPS) is 18.4. The Morgan fingerprint density at radius 3 is 2.71 bits per heavy atom. The molecule has 21 heavy (non-hydrogen) atoms. The predicted octanol–water partition coefficient (Wildman–Crippen LogP) is 1.35. The van der Waals surface area contributed by atoms with Gasteiger partial charge in [-0.05, 0) is 24.1 Å². The summed E-state index contributed by atoms with van der Waals surface area (Å²) in [7, 11) is -3.46. The first-order valence-electron chi connectivity index (χ1n) is 6.34. The summed E-state index contributed by atoms with van der Waals surface area (Å²) in [5.74, 6) is -0.933. The summed E-state index contributed by atoms with van der Waals surface area (Å²) < 4.78 is 25.0. The van der Waals surface area contributed by atoms with E-state index < -0.39 is 15.6 Å². The van der Waals surface area contributed by atoms with Crippen molar-refractivity contribution in [1.29, 1.82) is 0 Å². The van der Waals surface area contributed by atoms with Crippen LogP contribution < -0.4 is 5.73 Å². The molecule has 1 saturated heterocycles. The Kier molecular flexibility index (Phi) is 6.65. The summed E-state index contributed by atoms with van der Waals surface area (Å²) in [5, 5.41) is 0.